The van der Waals surface area contributed by atoms with Gasteiger partial charge in [-0.05, 0) is 26.1 Å². The Morgan fingerprint density at radius 1 is 1.43 bits per heavy atom. The Labute approximate surface area is 125 Å². The van der Waals surface area contributed by atoms with Crippen LogP contribution in [0.4, 0.5) is 0 Å². The van der Waals surface area contributed by atoms with E-state index in [2.05, 4.69) is 4.72 Å². The molecule has 2 N–H and O–H groups in total. The van der Waals surface area contributed by atoms with Gasteiger partial charge in [-0.1, -0.05) is 13.8 Å². The molecular formula is C13H23N3O4S. The first-order valence-corrected chi connectivity index (χ1v) is 8.09. The van der Waals surface area contributed by atoms with E-state index >= 15 is 0 Å². The molecule has 0 saturated carbocycles. The Morgan fingerprint density at radius 2 is 2.00 bits per heavy atom. The number of carboxylic acid groups (broad SMARTS) is 1. The molecule has 0 saturated heterocycles. The van der Waals surface area contributed by atoms with Crippen LogP contribution in [-0.2, 0) is 17.1 Å². The lowest BCUT2D eigenvalue weighted by atomic mass is 10.1. The highest BCUT2D eigenvalue weighted by Gasteiger charge is 2.25. The molecule has 1 aromatic heterocycles. The van der Waals surface area contributed by atoms with Crippen LogP contribution in [0.5, 0.6) is 0 Å². The zero-order valence-corrected chi connectivity index (χ0v) is 13.8. The third-order valence-electron chi connectivity index (χ3n) is 3.18. The summed E-state index contributed by atoms with van der Waals surface area (Å²) in [6.07, 6.45) is 1.30. The van der Waals surface area contributed by atoms with E-state index in [9.17, 15) is 13.2 Å². The number of hydrogen-bond acceptors (Lipinski definition) is 4. The highest BCUT2D eigenvalue weighted by Crippen LogP contribution is 2.15. The maximum Gasteiger partial charge on any atom is 0.352 e. The molecule has 0 bridgehead atoms. The lowest BCUT2D eigenvalue weighted by molar-refractivity contribution is 0.0686. The molecule has 1 heterocycles. The Balaban J connectivity index is 3.05. The number of aryl methyl sites for hydroxylation is 1. The summed E-state index contributed by atoms with van der Waals surface area (Å²) in [6.45, 7) is 4.43. The van der Waals surface area contributed by atoms with Gasteiger partial charge in [-0.15, -0.1) is 0 Å². The Hall–Kier alpha value is -1.38. The van der Waals surface area contributed by atoms with Gasteiger partial charge in [-0.25, -0.2) is 17.9 Å². The van der Waals surface area contributed by atoms with Gasteiger partial charge in [-0.3, -0.25) is 0 Å². The molecule has 0 radical (unpaired) electrons. The summed E-state index contributed by atoms with van der Waals surface area (Å²) in [7, 11) is 1.50. The number of nitrogens with one attached hydrogen (secondary N) is 1. The van der Waals surface area contributed by atoms with Crippen molar-refractivity contribution < 1.29 is 18.3 Å². The van der Waals surface area contributed by atoms with Gasteiger partial charge in [-0.2, -0.15) is 0 Å². The number of likely N-dealkylation sites (N-methyl/N-ethyl adjacent to an activating group) is 1. The van der Waals surface area contributed by atoms with Crippen molar-refractivity contribution in [3.05, 3.63) is 18.0 Å². The molecule has 1 rings (SSSR count). The first-order valence-electron chi connectivity index (χ1n) is 6.61. The fourth-order valence-corrected chi connectivity index (χ4v) is 3.38. The van der Waals surface area contributed by atoms with E-state index in [0.717, 1.165) is 6.07 Å². The van der Waals surface area contributed by atoms with E-state index in [4.69, 9.17) is 5.11 Å². The van der Waals surface area contributed by atoms with E-state index in [1.807, 2.05) is 32.8 Å². The smallest absolute Gasteiger partial charge is 0.352 e. The van der Waals surface area contributed by atoms with Crippen molar-refractivity contribution in [2.75, 3.05) is 20.6 Å². The number of aromatic carboxylic acids is 1. The molecule has 1 unspecified atom stereocenters. The monoisotopic (exact) mass is 317 g/mol. The zero-order valence-electron chi connectivity index (χ0n) is 13.0. The van der Waals surface area contributed by atoms with Gasteiger partial charge in [0.2, 0.25) is 10.0 Å². The number of sulfonamides is 1. The number of hydrogen-bond donors (Lipinski definition) is 2. The van der Waals surface area contributed by atoms with Gasteiger partial charge in [0.25, 0.3) is 0 Å². The van der Waals surface area contributed by atoms with Gasteiger partial charge in [0.1, 0.15) is 10.6 Å². The number of carbonyl (C=O) groups is 1. The summed E-state index contributed by atoms with van der Waals surface area (Å²) in [5.74, 6) is -1.04. The van der Waals surface area contributed by atoms with Crippen LogP contribution >= 0.6 is 0 Å². The number of aromatic nitrogens is 1. The fraction of sp³-hybridized carbons (Fsp3) is 0.615. The Morgan fingerprint density at radius 3 is 2.38 bits per heavy atom. The highest BCUT2D eigenvalue weighted by molar-refractivity contribution is 7.89. The standard InChI is InChI=1S/C13H23N3O4S/c1-9(2)11(8-15(3)4)14-21(19,20)10-6-12(13(17)18)16(5)7-10/h6-7,9,11,14H,8H2,1-5H3,(H,17,18). The minimum Gasteiger partial charge on any atom is -0.477 e. The summed E-state index contributed by atoms with van der Waals surface area (Å²) < 4.78 is 28.7. The molecule has 21 heavy (non-hydrogen) atoms. The van der Waals surface area contributed by atoms with Gasteiger partial charge >= 0.3 is 5.97 Å². The Kier molecular flexibility index (Phi) is 5.54. The van der Waals surface area contributed by atoms with Gasteiger partial charge in [0.15, 0.2) is 0 Å². The van der Waals surface area contributed by atoms with Crippen molar-refractivity contribution >= 4 is 16.0 Å². The summed E-state index contributed by atoms with van der Waals surface area (Å²) in [5.41, 5.74) is -0.0657. The van der Waals surface area contributed by atoms with E-state index < -0.39 is 16.0 Å². The van der Waals surface area contributed by atoms with E-state index in [1.54, 1.807) is 0 Å². The predicted molar refractivity (Wildman–Crippen MR) is 79.9 cm³/mol. The van der Waals surface area contributed by atoms with Crippen molar-refractivity contribution in [3.63, 3.8) is 0 Å². The average molecular weight is 317 g/mol. The number of carboxylic acids is 1. The first-order chi connectivity index (χ1) is 9.54. The summed E-state index contributed by atoms with van der Waals surface area (Å²) >= 11 is 0. The molecular weight excluding hydrogens is 294 g/mol. The minimum absolute atomic E-state index is 0.0354. The maximum absolute atomic E-state index is 12.4. The van der Waals surface area contributed by atoms with Crippen LogP contribution in [-0.4, -0.2) is 55.6 Å². The van der Waals surface area contributed by atoms with Crippen LogP contribution in [0.2, 0.25) is 0 Å². The predicted octanol–water partition coefficient (Wildman–Crippen LogP) is 0.588. The summed E-state index contributed by atoms with van der Waals surface area (Å²) in [4.78, 5) is 12.9. The molecule has 0 aromatic carbocycles. The lowest BCUT2D eigenvalue weighted by Gasteiger charge is -2.25. The molecule has 7 nitrogen and oxygen atoms in total. The highest BCUT2D eigenvalue weighted by atomic mass is 32.2. The molecule has 1 atom stereocenters. The Bertz CT molecular complexity index is 605. The number of nitrogens with zero attached hydrogens (tertiary/aromatic N) is 2. The largest absolute Gasteiger partial charge is 0.477 e. The SMILES string of the molecule is CC(C)C(CN(C)C)NS(=O)(=O)c1cc(C(=O)O)n(C)c1. The molecule has 0 aliphatic carbocycles. The fourth-order valence-electron chi connectivity index (χ4n) is 1.94. The lowest BCUT2D eigenvalue weighted by Crippen LogP contribution is -2.44. The average Bonchev–Trinajstić information content (AvgIpc) is 2.70. The molecule has 0 spiro atoms. The van der Waals surface area contributed by atoms with Crippen LogP contribution in [0, 0.1) is 5.92 Å². The van der Waals surface area contributed by atoms with Gasteiger partial charge < -0.3 is 14.6 Å². The van der Waals surface area contributed by atoms with Crippen molar-refractivity contribution in [1.29, 1.82) is 0 Å². The molecule has 0 aliphatic heterocycles. The van der Waals surface area contributed by atoms with Gasteiger partial charge in [0.05, 0.1) is 0 Å². The molecule has 120 valence electrons. The molecule has 0 fully saturated rings. The zero-order chi connectivity index (χ0) is 16.4. The van der Waals surface area contributed by atoms with E-state index in [0.29, 0.717) is 6.54 Å². The maximum atomic E-state index is 12.4. The van der Waals surface area contributed by atoms with Crippen LogP contribution in [0.1, 0.15) is 24.3 Å². The topological polar surface area (TPSA) is 91.6 Å². The third-order valence-corrected chi connectivity index (χ3v) is 4.64. The van der Waals surface area contributed by atoms with E-state index in [1.165, 1.54) is 17.8 Å². The second-order valence-electron chi connectivity index (χ2n) is 5.71. The first kappa shape index (κ1) is 17.7. The summed E-state index contributed by atoms with van der Waals surface area (Å²) in [6, 6.07) is 0.913. The van der Waals surface area contributed by atoms with Crippen LogP contribution < -0.4 is 4.72 Å². The molecule has 0 aliphatic rings. The number of rotatable bonds is 7. The molecule has 0 amide bonds. The van der Waals surface area contributed by atoms with Crippen molar-refractivity contribution in [2.45, 2.75) is 24.8 Å². The van der Waals surface area contributed by atoms with E-state index in [-0.39, 0.29) is 22.5 Å². The van der Waals surface area contributed by atoms with Gasteiger partial charge in [0, 0.05) is 25.8 Å². The second kappa shape index (κ2) is 6.59. The van der Waals surface area contributed by atoms with Crippen LogP contribution in [0.3, 0.4) is 0 Å². The van der Waals surface area contributed by atoms with Crippen molar-refractivity contribution in [1.82, 2.24) is 14.2 Å². The second-order valence-corrected chi connectivity index (χ2v) is 7.43. The molecule has 1 aromatic rings. The van der Waals surface area contributed by atoms with Crippen molar-refractivity contribution in [3.8, 4) is 0 Å². The quantitative estimate of drug-likeness (QED) is 0.768. The van der Waals surface area contributed by atoms with Crippen molar-refractivity contribution in [2.24, 2.45) is 13.0 Å². The molecule has 8 heteroatoms. The normalized spacial score (nSPS) is 13.9. The summed E-state index contributed by atoms with van der Waals surface area (Å²) in [5, 5.41) is 8.99. The minimum atomic E-state index is -3.75. The van der Waals surface area contributed by atoms with Crippen LogP contribution in [0.25, 0.3) is 0 Å². The van der Waals surface area contributed by atoms with Crippen LogP contribution in [0.15, 0.2) is 17.2 Å². The third kappa shape index (κ3) is 4.55.